The van der Waals surface area contributed by atoms with Crippen LogP contribution in [0.1, 0.15) is 16.1 Å². The highest BCUT2D eigenvalue weighted by Crippen LogP contribution is 2.31. The highest BCUT2D eigenvalue weighted by Gasteiger charge is 2.17. The zero-order valence-corrected chi connectivity index (χ0v) is 25.7. The van der Waals surface area contributed by atoms with E-state index in [1.54, 1.807) is 98.1 Å². The van der Waals surface area contributed by atoms with Gasteiger partial charge in [0.1, 0.15) is 23.0 Å². The van der Waals surface area contributed by atoms with Gasteiger partial charge in [-0.3, -0.25) is 14.4 Å². The molecule has 0 saturated carbocycles. The van der Waals surface area contributed by atoms with Gasteiger partial charge in [-0.2, -0.15) is 0 Å². The molecule has 3 amide bonds. The predicted molar refractivity (Wildman–Crippen MR) is 178 cm³/mol. The van der Waals surface area contributed by atoms with Crippen LogP contribution in [0.5, 0.6) is 5.75 Å². The van der Waals surface area contributed by atoms with Gasteiger partial charge in [-0.05, 0) is 72.8 Å². The minimum absolute atomic E-state index is 0.0144. The summed E-state index contributed by atoms with van der Waals surface area (Å²) in [6, 6.07) is 33.5. The van der Waals surface area contributed by atoms with Crippen LogP contribution in [0.25, 0.3) is 17.4 Å². The Bertz CT molecular complexity index is 1840. The predicted octanol–water partition coefficient (Wildman–Crippen LogP) is 7.75. The van der Waals surface area contributed by atoms with Gasteiger partial charge in [0.2, 0.25) is 5.91 Å². The number of methoxy groups -OCH3 is 1. The summed E-state index contributed by atoms with van der Waals surface area (Å²) in [5.41, 5.74) is 2.18. The smallest absolute Gasteiger partial charge is 0.272 e. The molecule has 10 heteroatoms. The van der Waals surface area contributed by atoms with E-state index in [1.807, 2.05) is 24.3 Å². The maximum absolute atomic E-state index is 13.4. The van der Waals surface area contributed by atoms with E-state index in [-0.39, 0.29) is 17.4 Å². The van der Waals surface area contributed by atoms with Crippen LogP contribution in [0.3, 0.4) is 0 Å². The number of para-hydroxylation sites is 2. The Hall–Kier alpha value is -5.25. The normalized spacial score (nSPS) is 11.0. The summed E-state index contributed by atoms with van der Waals surface area (Å²) < 4.78 is 11.4. The molecule has 226 valence electrons. The Morgan fingerprint density at radius 3 is 2.29 bits per heavy atom. The molecular formula is C35H28ClN3O5S. The van der Waals surface area contributed by atoms with E-state index >= 15 is 0 Å². The van der Waals surface area contributed by atoms with Gasteiger partial charge < -0.3 is 25.1 Å². The molecule has 4 aromatic carbocycles. The minimum Gasteiger partial charge on any atom is -0.496 e. The SMILES string of the molecule is COc1ccccc1-c1ccc(C=C(NC(=O)c2ccccc2)C(=O)Nc2ccc(SCC(=O)Nc3ccccc3Cl)cc2)o1. The van der Waals surface area contributed by atoms with Crippen LogP contribution in [0.4, 0.5) is 11.4 Å². The molecule has 0 aliphatic rings. The molecule has 0 saturated heterocycles. The lowest BCUT2D eigenvalue weighted by Gasteiger charge is -2.11. The second-order valence-corrected chi connectivity index (χ2v) is 11.0. The number of hydrogen-bond donors (Lipinski definition) is 3. The number of anilines is 2. The molecule has 0 radical (unpaired) electrons. The molecule has 8 nitrogen and oxygen atoms in total. The molecule has 5 rings (SSSR count). The maximum atomic E-state index is 13.4. The Balaban J connectivity index is 1.29. The molecule has 0 unspecified atom stereocenters. The Morgan fingerprint density at radius 1 is 0.822 bits per heavy atom. The topological polar surface area (TPSA) is 110 Å². The molecule has 3 N–H and O–H groups in total. The van der Waals surface area contributed by atoms with Crippen LogP contribution < -0.4 is 20.7 Å². The summed E-state index contributed by atoms with van der Waals surface area (Å²) in [5.74, 6) is 0.527. The van der Waals surface area contributed by atoms with Crippen LogP contribution >= 0.6 is 23.4 Å². The lowest BCUT2D eigenvalue weighted by molar-refractivity contribution is -0.114. The molecular weight excluding hydrogens is 610 g/mol. The van der Waals surface area contributed by atoms with Gasteiger partial charge in [-0.15, -0.1) is 11.8 Å². The minimum atomic E-state index is -0.547. The standard InChI is InChI=1S/C35H28ClN3O5S/c1-43-31-14-8-5-11-27(31)32-20-17-25(44-32)21-30(39-34(41)23-9-3-2-4-10-23)35(42)37-24-15-18-26(19-16-24)45-22-33(40)38-29-13-7-6-12-28(29)36/h2-21H,22H2,1H3,(H,37,42)(H,38,40)(H,39,41). The molecule has 0 atom stereocenters. The zero-order valence-electron chi connectivity index (χ0n) is 24.1. The lowest BCUT2D eigenvalue weighted by atomic mass is 10.1. The van der Waals surface area contributed by atoms with E-state index in [4.69, 9.17) is 20.8 Å². The van der Waals surface area contributed by atoms with E-state index in [0.717, 1.165) is 10.5 Å². The number of amides is 3. The molecule has 0 aliphatic carbocycles. The zero-order chi connectivity index (χ0) is 31.6. The number of nitrogens with one attached hydrogen (secondary N) is 3. The summed E-state index contributed by atoms with van der Waals surface area (Å²) in [4.78, 5) is 39.6. The fourth-order valence-electron chi connectivity index (χ4n) is 4.24. The van der Waals surface area contributed by atoms with Gasteiger partial charge in [-0.1, -0.05) is 54.1 Å². The third kappa shape index (κ3) is 8.44. The van der Waals surface area contributed by atoms with Crippen molar-refractivity contribution >= 4 is 58.5 Å². The van der Waals surface area contributed by atoms with Gasteiger partial charge >= 0.3 is 0 Å². The van der Waals surface area contributed by atoms with Crippen molar-refractivity contribution in [2.24, 2.45) is 0 Å². The highest BCUT2D eigenvalue weighted by atomic mass is 35.5. The number of ether oxygens (including phenoxy) is 1. The third-order valence-electron chi connectivity index (χ3n) is 6.44. The van der Waals surface area contributed by atoms with Crippen LogP contribution in [0.15, 0.2) is 130 Å². The molecule has 5 aromatic rings. The number of halogens is 1. The largest absolute Gasteiger partial charge is 0.496 e. The van der Waals surface area contributed by atoms with Crippen molar-refractivity contribution in [2.75, 3.05) is 23.5 Å². The summed E-state index contributed by atoms with van der Waals surface area (Å²) >= 11 is 7.46. The van der Waals surface area contributed by atoms with E-state index in [0.29, 0.717) is 39.2 Å². The van der Waals surface area contributed by atoms with E-state index in [2.05, 4.69) is 16.0 Å². The van der Waals surface area contributed by atoms with Crippen LogP contribution in [-0.2, 0) is 9.59 Å². The average Bonchev–Trinajstić information content (AvgIpc) is 3.54. The number of rotatable bonds is 11. The Morgan fingerprint density at radius 2 is 1.53 bits per heavy atom. The number of carbonyl (C=O) groups is 3. The van der Waals surface area contributed by atoms with Crippen LogP contribution in [0, 0.1) is 0 Å². The lowest BCUT2D eigenvalue weighted by Crippen LogP contribution is -2.30. The van der Waals surface area contributed by atoms with Crippen molar-refractivity contribution in [1.82, 2.24) is 5.32 Å². The highest BCUT2D eigenvalue weighted by molar-refractivity contribution is 8.00. The average molecular weight is 638 g/mol. The summed E-state index contributed by atoms with van der Waals surface area (Å²) in [7, 11) is 1.58. The van der Waals surface area contributed by atoms with Crippen LogP contribution in [-0.4, -0.2) is 30.6 Å². The molecule has 0 fully saturated rings. The van der Waals surface area contributed by atoms with Crippen molar-refractivity contribution in [2.45, 2.75) is 4.90 Å². The van der Waals surface area contributed by atoms with Crippen molar-refractivity contribution in [3.8, 4) is 17.1 Å². The Labute approximate surface area is 269 Å². The number of hydrogen-bond acceptors (Lipinski definition) is 6. The van der Waals surface area contributed by atoms with Gasteiger partial charge in [0, 0.05) is 22.2 Å². The molecule has 0 aliphatic heterocycles. The monoisotopic (exact) mass is 637 g/mol. The second kappa shape index (κ2) is 15.0. The number of benzene rings is 4. The summed E-state index contributed by atoms with van der Waals surface area (Å²) in [5, 5.41) is 8.79. The first-order valence-electron chi connectivity index (χ1n) is 13.8. The maximum Gasteiger partial charge on any atom is 0.272 e. The van der Waals surface area contributed by atoms with Crippen molar-refractivity contribution in [3.63, 3.8) is 0 Å². The molecule has 45 heavy (non-hydrogen) atoms. The van der Waals surface area contributed by atoms with Crippen molar-refractivity contribution < 1.29 is 23.5 Å². The van der Waals surface area contributed by atoms with Gasteiger partial charge in [-0.25, -0.2) is 0 Å². The summed E-state index contributed by atoms with van der Waals surface area (Å²) in [6.45, 7) is 0. The van der Waals surface area contributed by atoms with Gasteiger partial charge in [0.15, 0.2) is 0 Å². The number of furan rings is 1. The summed E-state index contributed by atoms with van der Waals surface area (Å²) in [6.07, 6.45) is 1.47. The molecule has 0 bridgehead atoms. The van der Waals surface area contributed by atoms with E-state index in [9.17, 15) is 14.4 Å². The van der Waals surface area contributed by atoms with E-state index < -0.39 is 11.8 Å². The Kier molecular flexibility index (Phi) is 10.4. The van der Waals surface area contributed by atoms with Crippen molar-refractivity contribution in [3.05, 3.63) is 137 Å². The third-order valence-corrected chi connectivity index (χ3v) is 7.79. The molecule has 1 heterocycles. The first-order chi connectivity index (χ1) is 21.9. The van der Waals surface area contributed by atoms with Gasteiger partial charge in [0.25, 0.3) is 11.8 Å². The first-order valence-corrected chi connectivity index (χ1v) is 15.2. The van der Waals surface area contributed by atoms with E-state index in [1.165, 1.54) is 17.8 Å². The first kappa shape index (κ1) is 31.2. The fraction of sp³-hybridized carbons (Fsp3) is 0.0571. The number of thioether (sulfide) groups is 1. The fourth-order valence-corrected chi connectivity index (χ4v) is 5.12. The number of carbonyl (C=O) groups excluding carboxylic acids is 3. The van der Waals surface area contributed by atoms with Crippen LogP contribution in [0.2, 0.25) is 5.02 Å². The second-order valence-electron chi connectivity index (χ2n) is 9.58. The quantitative estimate of drug-likeness (QED) is 0.101. The molecule has 0 spiro atoms. The van der Waals surface area contributed by atoms with Crippen molar-refractivity contribution in [1.29, 1.82) is 0 Å². The van der Waals surface area contributed by atoms with Gasteiger partial charge in [0.05, 0.1) is 29.1 Å². The molecule has 1 aromatic heterocycles.